The summed E-state index contributed by atoms with van der Waals surface area (Å²) >= 11 is 0. The van der Waals surface area contributed by atoms with Crippen molar-refractivity contribution < 1.29 is 0 Å². The summed E-state index contributed by atoms with van der Waals surface area (Å²) in [5.74, 6) is 0.942. The van der Waals surface area contributed by atoms with Gasteiger partial charge in [0.05, 0.1) is 17.1 Å². The summed E-state index contributed by atoms with van der Waals surface area (Å²) in [5.41, 5.74) is 21.5. The number of rotatable bonds is 9. The molecule has 11 rings (SSSR count). The van der Waals surface area contributed by atoms with E-state index in [1.54, 1.807) is 0 Å². The van der Waals surface area contributed by atoms with Crippen LogP contribution in [0.5, 0.6) is 0 Å². The van der Waals surface area contributed by atoms with Crippen LogP contribution in [0.4, 0.5) is 0 Å². The van der Waals surface area contributed by atoms with Crippen LogP contribution in [0.25, 0.3) is 55.3 Å². The number of benzene rings is 7. The van der Waals surface area contributed by atoms with Crippen LogP contribution in [0.3, 0.4) is 0 Å². The molecular weight excluding hydrogens is 799 g/mol. The second-order valence-electron chi connectivity index (χ2n) is 17.6. The second-order valence-corrected chi connectivity index (χ2v) is 17.6. The number of hydrogen-bond acceptors (Lipinski definition) is 1. The normalized spacial score (nSPS) is 15.2. The van der Waals surface area contributed by atoms with Gasteiger partial charge in [-0.1, -0.05) is 158 Å². The molecule has 0 saturated heterocycles. The highest BCUT2D eigenvalue weighted by molar-refractivity contribution is 6.13. The summed E-state index contributed by atoms with van der Waals surface area (Å²) in [5, 5.41) is 2.48. The Bertz CT molecular complexity index is 3470. The Labute approximate surface area is 388 Å². The summed E-state index contributed by atoms with van der Waals surface area (Å²) in [6, 6.07) is 69.8. The number of para-hydroxylation sites is 1. The first-order valence-electron chi connectivity index (χ1n) is 23.0. The first-order chi connectivity index (χ1) is 32.4. The lowest BCUT2D eigenvalue weighted by Gasteiger charge is -2.19. The molecule has 0 amide bonds. The van der Waals surface area contributed by atoms with Crippen LogP contribution in [-0.4, -0.2) is 22.2 Å². The zero-order valence-electron chi connectivity index (χ0n) is 37.6. The topological polar surface area (TPSA) is 29.6 Å². The van der Waals surface area contributed by atoms with Crippen LogP contribution in [0, 0.1) is 26.0 Å². The fourth-order valence-corrected chi connectivity index (χ4v) is 10.2. The molecule has 8 aromatic carbocycles. The quantitative estimate of drug-likeness (QED) is 0.0787. The Hall–Kier alpha value is -8.06. The SMILES string of the molecule is C=C[C@H](N=C(N=C(C)c1cc#ccc1C)c1ccccc1C)C1=CCCC(c2ccc3c(c2)c2ccccc2n3-c2ccc(-c3ccc4c(c3)-c3ccccc3C4c3ccccc3)cc2)=C1. The standard InChI is InChI=1S/C63H49N3/c1-5-59(65-63(52-25-12-10-19-42(52)3)64-43(4)51-24-11-9-18-41(51)2)49-23-17-22-46(38-49)48-33-37-61-58(40-48)54-27-15-16-29-60(54)66(61)50-34-30-44(31-35-50)47-32-36-56-57(39-47)53-26-13-14-28-55(53)62(56)45-20-7-6-8-21-45/h5-8,10,12-16,18-21,23-40,59,62H,1,17,22H2,2-4H3/t59-,62?/m0/s1. The summed E-state index contributed by atoms with van der Waals surface area (Å²) in [6.07, 6.45) is 8.46. The van der Waals surface area contributed by atoms with Gasteiger partial charge >= 0.3 is 0 Å². The van der Waals surface area contributed by atoms with Gasteiger partial charge in [0.15, 0.2) is 5.84 Å². The van der Waals surface area contributed by atoms with E-state index in [1.165, 1.54) is 71.9 Å². The number of aryl methyl sites for hydroxylation is 2. The molecule has 2 atom stereocenters. The lowest BCUT2D eigenvalue weighted by Crippen LogP contribution is -2.13. The zero-order valence-corrected chi connectivity index (χ0v) is 37.6. The molecule has 2 aliphatic carbocycles. The lowest BCUT2D eigenvalue weighted by atomic mass is 9.89. The van der Waals surface area contributed by atoms with Gasteiger partial charge in [-0.15, -0.1) is 6.58 Å². The summed E-state index contributed by atoms with van der Waals surface area (Å²) in [7, 11) is 0. The third-order valence-corrected chi connectivity index (χ3v) is 13.6. The summed E-state index contributed by atoms with van der Waals surface area (Å²) < 4.78 is 2.41. The number of amidine groups is 1. The van der Waals surface area contributed by atoms with Crippen molar-refractivity contribution in [3.05, 3.63) is 263 Å². The fourth-order valence-electron chi connectivity index (χ4n) is 10.2. The zero-order chi connectivity index (χ0) is 44.7. The van der Waals surface area contributed by atoms with Crippen LogP contribution in [0.1, 0.15) is 70.2 Å². The van der Waals surface area contributed by atoms with E-state index in [-0.39, 0.29) is 12.0 Å². The summed E-state index contributed by atoms with van der Waals surface area (Å²) in [6.45, 7) is 10.5. The average molecular weight is 848 g/mol. The Morgan fingerprint density at radius 3 is 2.20 bits per heavy atom. The molecule has 1 aromatic heterocycles. The van der Waals surface area contributed by atoms with Crippen molar-refractivity contribution in [3.63, 3.8) is 0 Å². The highest BCUT2D eigenvalue weighted by atomic mass is 15.0. The maximum atomic E-state index is 5.34. The van der Waals surface area contributed by atoms with E-state index in [0.717, 1.165) is 52.1 Å². The van der Waals surface area contributed by atoms with Gasteiger partial charge < -0.3 is 4.57 Å². The number of aromatic nitrogens is 1. The molecule has 9 aromatic rings. The molecule has 0 fully saturated rings. The van der Waals surface area contributed by atoms with Crippen LogP contribution in [0.2, 0.25) is 0 Å². The minimum absolute atomic E-state index is 0.246. The average Bonchev–Trinajstić information content (AvgIpc) is 3.88. The Kier molecular flexibility index (Phi) is 10.6. The smallest absolute Gasteiger partial charge is 0.156 e. The maximum Gasteiger partial charge on any atom is 0.156 e. The number of aliphatic imine (C=N–C) groups is 2. The van der Waals surface area contributed by atoms with Gasteiger partial charge in [0.25, 0.3) is 0 Å². The molecule has 1 unspecified atom stereocenters. The van der Waals surface area contributed by atoms with E-state index in [1.807, 2.05) is 25.1 Å². The molecule has 0 radical (unpaired) electrons. The molecule has 3 nitrogen and oxygen atoms in total. The van der Waals surface area contributed by atoms with E-state index in [4.69, 9.17) is 9.98 Å². The molecule has 1 heterocycles. The predicted octanol–water partition coefficient (Wildman–Crippen LogP) is 15.4. The maximum absolute atomic E-state index is 5.34. The Balaban J connectivity index is 0.920. The molecule has 0 N–H and O–H groups in total. The van der Waals surface area contributed by atoms with Gasteiger partial charge in [0, 0.05) is 39.2 Å². The summed E-state index contributed by atoms with van der Waals surface area (Å²) in [4.78, 5) is 10.5. The van der Waals surface area contributed by atoms with E-state index < -0.39 is 0 Å². The second kappa shape index (κ2) is 17.1. The van der Waals surface area contributed by atoms with Gasteiger partial charge in [-0.2, -0.15) is 0 Å². The van der Waals surface area contributed by atoms with Crippen molar-refractivity contribution in [2.75, 3.05) is 0 Å². The number of hydrogen-bond donors (Lipinski definition) is 0. The first kappa shape index (κ1) is 40.7. The van der Waals surface area contributed by atoms with Gasteiger partial charge in [-0.05, 0) is 149 Å². The molecule has 2 aliphatic rings. The monoisotopic (exact) mass is 847 g/mol. The van der Waals surface area contributed by atoms with Gasteiger partial charge in [0.2, 0.25) is 0 Å². The van der Waals surface area contributed by atoms with E-state index in [2.05, 4.69) is 213 Å². The molecule has 66 heavy (non-hydrogen) atoms. The molecule has 0 saturated carbocycles. The highest BCUT2D eigenvalue weighted by Gasteiger charge is 2.30. The third-order valence-electron chi connectivity index (χ3n) is 13.6. The van der Waals surface area contributed by atoms with Gasteiger partial charge in [-0.3, -0.25) is 4.99 Å². The van der Waals surface area contributed by atoms with Crippen LogP contribution in [0.15, 0.2) is 216 Å². The van der Waals surface area contributed by atoms with Crippen molar-refractivity contribution in [1.82, 2.24) is 4.57 Å². The van der Waals surface area contributed by atoms with Crippen molar-refractivity contribution in [2.45, 2.75) is 45.6 Å². The molecule has 0 bridgehead atoms. The molecular formula is C63H49N3. The number of nitrogens with zero attached hydrogens (tertiary/aromatic N) is 3. The van der Waals surface area contributed by atoms with E-state index in [9.17, 15) is 0 Å². The van der Waals surface area contributed by atoms with Gasteiger partial charge in [0.1, 0.15) is 0 Å². The minimum Gasteiger partial charge on any atom is -0.309 e. The van der Waals surface area contributed by atoms with Crippen molar-refractivity contribution >= 4 is 38.9 Å². The number of fused-ring (bicyclic) bond motifs is 6. The van der Waals surface area contributed by atoms with Gasteiger partial charge in [-0.25, -0.2) is 4.99 Å². The molecule has 3 heteroatoms. The Morgan fingerprint density at radius 1 is 0.652 bits per heavy atom. The molecule has 316 valence electrons. The molecule has 0 spiro atoms. The fraction of sp³-hybridized carbons (Fsp3) is 0.111. The third kappa shape index (κ3) is 7.31. The van der Waals surface area contributed by atoms with E-state index >= 15 is 0 Å². The van der Waals surface area contributed by atoms with Crippen LogP contribution >= 0.6 is 0 Å². The predicted molar refractivity (Wildman–Crippen MR) is 277 cm³/mol. The van der Waals surface area contributed by atoms with Crippen molar-refractivity contribution in [2.24, 2.45) is 9.98 Å². The minimum atomic E-state index is -0.268. The first-order valence-corrected chi connectivity index (χ1v) is 23.0. The largest absolute Gasteiger partial charge is 0.309 e. The van der Waals surface area contributed by atoms with E-state index in [0.29, 0.717) is 5.84 Å². The van der Waals surface area contributed by atoms with Crippen LogP contribution in [-0.2, 0) is 0 Å². The van der Waals surface area contributed by atoms with Crippen molar-refractivity contribution in [3.8, 4) is 27.9 Å². The molecule has 0 aliphatic heterocycles. The number of allylic oxidation sites excluding steroid dienone is 2. The van der Waals surface area contributed by atoms with Crippen molar-refractivity contribution in [1.29, 1.82) is 0 Å². The Morgan fingerprint density at radius 2 is 1.36 bits per heavy atom. The lowest BCUT2D eigenvalue weighted by molar-refractivity contribution is 0.930. The highest BCUT2D eigenvalue weighted by Crippen LogP contribution is 2.49. The van der Waals surface area contributed by atoms with Crippen LogP contribution < -0.4 is 0 Å².